The van der Waals surface area contributed by atoms with Crippen LogP contribution in [-0.4, -0.2) is 12.1 Å². The average molecular weight is 260 g/mol. The van der Waals surface area contributed by atoms with Crippen LogP contribution >= 0.6 is 11.3 Å². The van der Waals surface area contributed by atoms with Crippen molar-refractivity contribution >= 4 is 11.3 Å². The van der Waals surface area contributed by atoms with Crippen molar-refractivity contribution in [2.24, 2.45) is 5.73 Å². The molecule has 1 atom stereocenters. The first kappa shape index (κ1) is 11.7. The van der Waals surface area contributed by atoms with Crippen LogP contribution in [0.4, 0.5) is 0 Å². The molecule has 1 unspecified atom stereocenters. The molecular formula is C14H16N2OS. The summed E-state index contributed by atoms with van der Waals surface area (Å²) in [5, 5.41) is 1.03. The summed E-state index contributed by atoms with van der Waals surface area (Å²) in [6.45, 7) is 0. The maximum absolute atomic E-state index is 6.28. The molecule has 2 aromatic rings. The van der Waals surface area contributed by atoms with Gasteiger partial charge in [0.15, 0.2) is 0 Å². The van der Waals surface area contributed by atoms with E-state index in [0.717, 1.165) is 22.7 Å². The van der Waals surface area contributed by atoms with Gasteiger partial charge in [0.25, 0.3) is 0 Å². The fraction of sp³-hybridized carbons (Fsp3) is 0.357. The molecule has 94 valence electrons. The fourth-order valence-electron chi connectivity index (χ4n) is 2.30. The van der Waals surface area contributed by atoms with Crippen molar-refractivity contribution in [2.75, 3.05) is 7.11 Å². The van der Waals surface area contributed by atoms with Crippen LogP contribution < -0.4 is 10.5 Å². The number of benzene rings is 1. The first-order valence-electron chi connectivity index (χ1n) is 6.16. The normalized spacial score (nSPS) is 15.4. The summed E-state index contributed by atoms with van der Waals surface area (Å²) >= 11 is 1.77. The molecule has 3 nitrogen and oxygen atoms in total. The molecule has 18 heavy (non-hydrogen) atoms. The first-order valence-corrected chi connectivity index (χ1v) is 6.97. The second-order valence-electron chi connectivity index (χ2n) is 4.53. The van der Waals surface area contributed by atoms with E-state index in [2.05, 4.69) is 4.98 Å². The number of thiazole rings is 1. The SMILES string of the molecule is COc1ccc(C(N)c2nc3c(s2)CCC3)cc1. The minimum atomic E-state index is -0.119. The van der Waals surface area contributed by atoms with E-state index >= 15 is 0 Å². The van der Waals surface area contributed by atoms with Crippen molar-refractivity contribution in [2.45, 2.75) is 25.3 Å². The van der Waals surface area contributed by atoms with Crippen molar-refractivity contribution in [1.29, 1.82) is 0 Å². The van der Waals surface area contributed by atoms with Crippen LogP contribution in [0.1, 0.15) is 33.6 Å². The maximum atomic E-state index is 6.28. The van der Waals surface area contributed by atoms with E-state index in [1.54, 1.807) is 18.4 Å². The van der Waals surface area contributed by atoms with Crippen molar-refractivity contribution in [3.63, 3.8) is 0 Å². The van der Waals surface area contributed by atoms with Crippen LogP contribution in [0.2, 0.25) is 0 Å². The summed E-state index contributed by atoms with van der Waals surface area (Å²) in [6.07, 6.45) is 3.52. The zero-order valence-electron chi connectivity index (χ0n) is 10.3. The van der Waals surface area contributed by atoms with E-state index < -0.39 is 0 Å². The summed E-state index contributed by atoms with van der Waals surface area (Å²) in [6, 6.07) is 7.78. The highest BCUT2D eigenvalue weighted by Crippen LogP contribution is 2.32. The van der Waals surface area contributed by atoms with E-state index in [9.17, 15) is 0 Å². The van der Waals surface area contributed by atoms with E-state index in [-0.39, 0.29) is 6.04 Å². The molecule has 0 spiro atoms. The zero-order chi connectivity index (χ0) is 12.5. The third kappa shape index (κ3) is 2.02. The molecule has 1 heterocycles. The van der Waals surface area contributed by atoms with E-state index in [1.807, 2.05) is 24.3 Å². The highest BCUT2D eigenvalue weighted by Gasteiger charge is 2.20. The van der Waals surface area contributed by atoms with Gasteiger partial charge in [-0.15, -0.1) is 11.3 Å². The van der Waals surface area contributed by atoms with Crippen LogP contribution in [0.3, 0.4) is 0 Å². The number of hydrogen-bond donors (Lipinski definition) is 1. The van der Waals surface area contributed by atoms with Crippen molar-refractivity contribution in [3.05, 3.63) is 45.4 Å². The van der Waals surface area contributed by atoms with Gasteiger partial charge in [-0.25, -0.2) is 4.98 Å². The van der Waals surface area contributed by atoms with Gasteiger partial charge in [-0.3, -0.25) is 0 Å². The molecular weight excluding hydrogens is 244 g/mol. The molecule has 1 aliphatic rings. The number of methoxy groups -OCH3 is 1. The highest BCUT2D eigenvalue weighted by molar-refractivity contribution is 7.11. The van der Waals surface area contributed by atoms with Crippen molar-refractivity contribution < 1.29 is 4.74 Å². The molecule has 0 bridgehead atoms. The molecule has 0 aliphatic heterocycles. The third-order valence-electron chi connectivity index (χ3n) is 3.35. The fourth-order valence-corrected chi connectivity index (χ4v) is 3.48. The lowest BCUT2D eigenvalue weighted by Gasteiger charge is -2.09. The highest BCUT2D eigenvalue weighted by atomic mass is 32.1. The molecule has 4 heteroatoms. The van der Waals surface area contributed by atoms with E-state index in [0.29, 0.717) is 0 Å². The lowest BCUT2D eigenvalue weighted by atomic mass is 10.1. The van der Waals surface area contributed by atoms with Crippen LogP contribution in [0.5, 0.6) is 5.75 Å². The molecule has 0 saturated heterocycles. The minimum Gasteiger partial charge on any atom is -0.497 e. The van der Waals surface area contributed by atoms with E-state index in [1.165, 1.54) is 23.4 Å². The van der Waals surface area contributed by atoms with E-state index in [4.69, 9.17) is 10.5 Å². The Labute approximate surface area is 111 Å². The van der Waals surface area contributed by atoms with Gasteiger partial charge in [0.2, 0.25) is 0 Å². The molecule has 1 aromatic carbocycles. The van der Waals surface area contributed by atoms with Gasteiger partial charge in [-0.05, 0) is 37.0 Å². The smallest absolute Gasteiger partial charge is 0.118 e. The zero-order valence-corrected chi connectivity index (χ0v) is 11.2. The van der Waals surface area contributed by atoms with Crippen LogP contribution in [0.15, 0.2) is 24.3 Å². The Hall–Kier alpha value is -1.39. The van der Waals surface area contributed by atoms with Gasteiger partial charge in [0.1, 0.15) is 10.8 Å². The number of rotatable bonds is 3. The van der Waals surface area contributed by atoms with Crippen molar-refractivity contribution in [1.82, 2.24) is 4.98 Å². The molecule has 0 fully saturated rings. The lowest BCUT2D eigenvalue weighted by molar-refractivity contribution is 0.414. The molecule has 2 N–H and O–H groups in total. The number of aryl methyl sites for hydroxylation is 2. The summed E-state index contributed by atoms with van der Waals surface area (Å²) in [5.74, 6) is 0.854. The summed E-state index contributed by atoms with van der Waals surface area (Å²) in [4.78, 5) is 6.10. The maximum Gasteiger partial charge on any atom is 0.118 e. The Bertz CT molecular complexity index is 526. The number of nitrogens with zero attached hydrogens (tertiary/aromatic N) is 1. The number of aromatic nitrogens is 1. The van der Waals surface area contributed by atoms with Gasteiger partial charge in [-0.1, -0.05) is 12.1 Å². The largest absolute Gasteiger partial charge is 0.497 e. The average Bonchev–Trinajstić information content (AvgIpc) is 2.99. The number of nitrogens with two attached hydrogens (primary N) is 1. The van der Waals surface area contributed by atoms with Crippen LogP contribution in [-0.2, 0) is 12.8 Å². The van der Waals surface area contributed by atoms with Crippen LogP contribution in [0.25, 0.3) is 0 Å². The Morgan fingerprint density at radius 2 is 2.06 bits per heavy atom. The van der Waals surface area contributed by atoms with Gasteiger partial charge in [0.05, 0.1) is 18.8 Å². The third-order valence-corrected chi connectivity index (χ3v) is 4.59. The first-order chi connectivity index (χ1) is 8.78. The minimum absolute atomic E-state index is 0.119. The lowest BCUT2D eigenvalue weighted by Crippen LogP contribution is -2.11. The van der Waals surface area contributed by atoms with Crippen LogP contribution in [0, 0.1) is 0 Å². The molecule has 1 aliphatic carbocycles. The van der Waals surface area contributed by atoms with Gasteiger partial charge in [0, 0.05) is 4.88 Å². The molecule has 1 aromatic heterocycles. The quantitative estimate of drug-likeness (QED) is 0.923. The topological polar surface area (TPSA) is 48.1 Å². The second-order valence-corrected chi connectivity index (χ2v) is 5.64. The Morgan fingerprint density at radius 3 is 2.72 bits per heavy atom. The predicted octanol–water partition coefficient (Wildman–Crippen LogP) is 2.69. The van der Waals surface area contributed by atoms with Gasteiger partial charge in [-0.2, -0.15) is 0 Å². The van der Waals surface area contributed by atoms with Crippen molar-refractivity contribution in [3.8, 4) is 5.75 Å². The number of ether oxygens (including phenoxy) is 1. The second kappa shape index (κ2) is 4.71. The Morgan fingerprint density at radius 1 is 1.28 bits per heavy atom. The summed E-state index contributed by atoms with van der Waals surface area (Å²) in [5.41, 5.74) is 8.63. The number of fused-ring (bicyclic) bond motifs is 1. The van der Waals surface area contributed by atoms with Gasteiger partial charge < -0.3 is 10.5 Å². The molecule has 0 radical (unpaired) electrons. The molecule has 3 rings (SSSR count). The molecule has 0 saturated carbocycles. The predicted molar refractivity (Wildman–Crippen MR) is 73.2 cm³/mol. The van der Waals surface area contributed by atoms with Gasteiger partial charge >= 0.3 is 0 Å². The molecule has 0 amide bonds. The Balaban J connectivity index is 1.86. The Kier molecular flexibility index (Phi) is 3.06. The summed E-state index contributed by atoms with van der Waals surface area (Å²) in [7, 11) is 1.67. The standard InChI is InChI=1S/C14H16N2OS/c1-17-10-7-5-9(6-8-10)13(15)14-16-11-3-2-4-12(11)18-14/h5-8,13H,2-4,15H2,1H3. The summed E-state index contributed by atoms with van der Waals surface area (Å²) < 4.78 is 5.15. The number of hydrogen-bond acceptors (Lipinski definition) is 4. The monoisotopic (exact) mass is 260 g/mol.